The molecule has 4 aromatic rings. The molecule has 3 heterocycles. The summed E-state index contributed by atoms with van der Waals surface area (Å²) in [4.78, 5) is 25.2. The zero-order chi connectivity index (χ0) is 21.3. The number of hydrogen-bond acceptors (Lipinski definition) is 7. The Bertz CT molecular complexity index is 1230. The summed E-state index contributed by atoms with van der Waals surface area (Å²) in [5.74, 6) is -0.774. The van der Waals surface area contributed by atoms with Gasteiger partial charge >= 0.3 is 0 Å². The Morgan fingerprint density at radius 2 is 2.03 bits per heavy atom. The van der Waals surface area contributed by atoms with E-state index >= 15 is 0 Å². The first-order valence-electron chi connectivity index (χ1n) is 8.73. The maximum atomic E-state index is 13.3. The van der Waals surface area contributed by atoms with Crippen LogP contribution in [0.25, 0.3) is 21.6 Å². The lowest BCUT2D eigenvalue weighted by Crippen LogP contribution is -2.12. The van der Waals surface area contributed by atoms with Gasteiger partial charge < -0.3 is 10.2 Å². The molecule has 4 rings (SSSR count). The van der Waals surface area contributed by atoms with Gasteiger partial charge in [-0.2, -0.15) is 0 Å². The van der Waals surface area contributed by atoms with Crippen molar-refractivity contribution in [2.24, 2.45) is 0 Å². The summed E-state index contributed by atoms with van der Waals surface area (Å²) in [6.07, 6.45) is 1.72. The highest BCUT2D eigenvalue weighted by Gasteiger charge is 2.14. The molecule has 7 nitrogen and oxygen atoms in total. The van der Waals surface area contributed by atoms with Gasteiger partial charge in [0.05, 0.1) is 33.1 Å². The standard InChI is InChI=1S/C20H14ClFN4O3S/c21-13-5-11(16(28)9-27)8-24-18(13)15-3-1-10(7-23-15)19(29)26-20-25-14-4-2-12(22)6-17(14)30-20/h1-8,16,27-28H,9H2,(H,25,26,29)/t16-/m1/s1. The number of amides is 1. The highest BCUT2D eigenvalue weighted by atomic mass is 35.5. The molecule has 1 atom stereocenters. The number of pyridine rings is 2. The number of halogens is 2. The van der Waals surface area contributed by atoms with Crippen LogP contribution in [0.4, 0.5) is 9.52 Å². The molecule has 1 aromatic carbocycles. The summed E-state index contributed by atoms with van der Waals surface area (Å²) in [6, 6.07) is 8.89. The van der Waals surface area contributed by atoms with Gasteiger partial charge in [-0.25, -0.2) is 9.37 Å². The zero-order valence-electron chi connectivity index (χ0n) is 15.2. The molecule has 0 saturated carbocycles. The smallest absolute Gasteiger partial charge is 0.259 e. The fourth-order valence-electron chi connectivity index (χ4n) is 2.72. The summed E-state index contributed by atoms with van der Waals surface area (Å²) in [5.41, 5.74) is 2.11. The molecule has 0 fully saturated rings. The average molecular weight is 445 g/mol. The van der Waals surface area contributed by atoms with Crippen molar-refractivity contribution >= 4 is 44.2 Å². The molecule has 0 bridgehead atoms. The second-order valence-electron chi connectivity index (χ2n) is 6.31. The van der Waals surface area contributed by atoms with Gasteiger partial charge in [-0.15, -0.1) is 0 Å². The van der Waals surface area contributed by atoms with Crippen LogP contribution in [0.2, 0.25) is 5.02 Å². The van der Waals surface area contributed by atoms with Crippen LogP contribution in [-0.4, -0.2) is 37.7 Å². The number of aromatic nitrogens is 3. The van der Waals surface area contributed by atoms with E-state index in [4.69, 9.17) is 16.7 Å². The van der Waals surface area contributed by atoms with Gasteiger partial charge in [-0.05, 0) is 36.4 Å². The molecule has 0 aliphatic carbocycles. The Kier molecular flexibility index (Phi) is 5.69. The Morgan fingerprint density at radius 3 is 2.73 bits per heavy atom. The first-order chi connectivity index (χ1) is 14.4. The maximum Gasteiger partial charge on any atom is 0.259 e. The third-order valence-corrected chi connectivity index (χ3v) is 5.48. The van der Waals surface area contributed by atoms with E-state index in [-0.39, 0.29) is 10.8 Å². The molecule has 10 heteroatoms. The first kappa shape index (κ1) is 20.3. The van der Waals surface area contributed by atoms with Crippen molar-refractivity contribution in [2.75, 3.05) is 11.9 Å². The van der Waals surface area contributed by atoms with E-state index in [2.05, 4.69) is 20.3 Å². The summed E-state index contributed by atoms with van der Waals surface area (Å²) in [5, 5.41) is 22.0. The van der Waals surface area contributed by atoms with Gasteiger partial charge in [0.2, 0.25) is 0 Å². The Labute approximate surface area is 178 Å². The van der Waals surface area contributed by atoms with Crippen molar-refractivity contribution in [1.29, 1.82) is 0 Å². The van der Waals surface area contributed by atoms with Gasteiger partial charge in [0.1, 0.15) is 17.6 Å². The average Bonchev–Trinajstić information content (AvgIpc) is 3.14. The van der Waals surface area contributed by atoms with Crippen LogP contribution in [0.15, 0.2) is 48.8 Å². The number of nitrogens with one attached hydrogen (secondary N) is 1. The molecule has 0 spiro atoms. The molecule has 0 radical (unpaired) electrons. The van der Waals surface area contributed by atoms with Gasteiger partial charge in [0, 0.05) is 18.0 Å². The predicted molar refractivity (Wildman–Crippen MR) is 112 cm³/mol. The molecule has 3 aromatic heterocycles. The summed E-state index contributed by atoms with van der Waals surface area (Å²) < 4.78 is 13.9. The second kappa shape index (κ2) is 8.41. The van der Waals surface area contributed by atoms with Crippen LogP contribution < -0.4 is 5.32 Å². The minimum atomic E-state index is -1.07. The topological polar surface area (TPSA) is 108 Å². The van der Waals surface area contributed by atoms with E-state index < -0.39 is 18.6 Å². The molecule has 0 aliphatic heterocycles. The third kappa shape index (κ3) is 4.14. The zero-order valence-corrected chi connectivity index (χ0v) is 16.8. The molecule has 0 saturated heterocycles. The minimum Gasteiger partial charge on any atom is -0.393 e. The monoisotopic (exact) mass is 444 g/mol. The van der Waals surface area contributed by atoms with Gasteiger partial charge in [0.15, 0.2) is 5.13 Å². The normalized spacial score (nSPS) is 12.1. The lowest BCUT2D eigenvalue weighted by molar-refractivity contribution is 0.0953. The SMILES string of the molecule is O=C(Nc1nc2ccc(F)cc2s1)c1ccc(-c2ncc([C@H](O)CO)cc2Cl)nc1. The van der Waals surface area contributed by atoms with Crippen molar-refractivity contribution in [1.82, 2.24) is 15.0 Å². The highest BCUT2D eigenvalue weighted by molar-refractivity contribution is 7.22. The molecule has 30 heavy (non-hydrogen) atoms. The number of nitrogens with zero attached hydrogens (tertiary/aromatic N) is 3. The van der Waals surface area contributed by atoms with Crippen LogP contribution in [0.3, 0.4) is 0 Å². The first-order valence-corrected chi connectivity index (χ1v) is 9.92. The fourth-order valence-corrected chi connectivity index (χ4v) is 3.88. The van der Waals surface area contributed by atoms with Crippen molar-refractivity contribution in [3.05, 3.63) is 70.8 Å². The molecule has 0 aliphatic rings. The highest BCUT2D eigenvalue weighted by Crippen LogP contribution is 2.28. The Morgan fingerprint density at radius 1 is 1.20 bits per heavy atom. The fraction of sp³-hybridized carbons (Fsp3) is 0.100. The van der Waals surface area contributed by atoms with Crippen LogP contribution in [0.5, 0.6) is 0 Å². The van der Waals surface area contributed by atoms with Crippen LogP contribution >= 0.6 is 22.9 Å². The third-order valence-electron chi connectivity index (χ3n) is 4.26. The second-order valence-corrected chi connectivity index (χ2v) is 7.75. The summed E-state index contributed by atoms with van der Waals surface area (Å²) in [6.45, 7) is -0.441. The molecule has 3 N–H and O–H groups in total. The van der Waals surface area contributed by atoms with E-state index in [1.165, 1.54) is 41.9 Å². The van der Waals surface area contributed by atoms with Gasteiger partial charge in [-0.1, -0.05) is 22.9 Å². The summed E-state index contributed by atoms with van der Waals surface area (Å²) in [7, 11) is 0. The maximum absolute atomic E-state index is 13.3. The molecule has 0 unspecified atom stereocenters. The number of carbonyl (C=O) groups excluding carboxylic acids is 1. The van der Waals surface area contributed by atoms with Crippen molar-refractivity contribution in [2.45, 2.75) is 6.10 Å². The number of aliphatic hydroxyl groups is 2. The minimum absolute atomic E-state index is 0.256. The lowest BCUT2D eigenvalue weighted by atomic mass is 10.1. The number of aliphatic hydroxyl groups excluding tert-OH is 2. The van der Waals surface area contributed by atoms with E-state index in [0.717, 1.165) is 0 Å². The van der Waals surface area contributed by atoms with Crippen LogP contribution in [-0.2, 0) is 0 Å². The van der Waals surface area contributed by atoms with Crippen molar-refractivity contribution in [3.8, 4) is 11.4 Å². The lowest BCUT2D eigenvalue weighted by Gasteiger charge is -2.10. The molecule has 1 amide bonds. The Hall–Kier alpha value is -2.98. The summed E-state index contributed by atoms with van der Waals surface area (Å²) >= 11 is 7.39. The number of benzene rings is 1. The van der Waals surface area contributed by atoms with Crippen LogP contribution in [0.1, 0.15) is 22.0 Å². The van der Waals surface area contributed by atoms with Crippen molar-refractivity contribution < 1.29 is 19.4 Å². The van der Waals surface area contributed by atoms with Crippen molar-refractivity contribution in [3.63, 3.8) is 0 Å². The van der Waals surface area contributed by atoms with Crippen LogP contribution in [0, 0.1) is 5.82 Å². The number of thiazole rings is 1. The molecular formula is C20H14ClFN4O3S. The van der Waals surface area contributed by atoms with E-state index in [1.54, 1.807) is 18.2 Å². The van der Waals surface area contributed by atoms with E-state index in [1.807, 2.05) is 0 Å². The molecule has 152 valence electrons. The van der Waals surface area contributed by atoms with Gasteiger partial charge in [-0.3, -0.25) is 20.1 Å². The molecular weight excluding hydrogens is 431 g/mol. The number of anilines is 1. The van der Waals surface area contributed by atoms with Gasteiger partial charge in [0.25, 0.3) is 5.91 Å². The van der Waals surface area contributed by atoms with E-state index in [0.29, 0.717) is 37.9 Å². The largest absolute Gasteiger partial charge is 0.393 e. The number of rotatable bonds is 5. The number of hydrogen-bond donors (Lipinski definition) is 3. The quantitative estimate of drug-likeness (QED) is 0.432. The number of fused-ring (bicyclic) bond motifs is 1. The number of carbonyl (C=O) groups is 1. The Balaban J connectivity index is 1.52. The predicted octanol–water partition coefficient (Wildman–Crippen LogP) is 3.82. The van der Waals surface area contributed by atoms with E-state index in [9.17, 15) is 14.3 Å².